The molecule has 2 heterocycles. The van der Waals surface area contributed by atoms with Gasteiger partial charge in [-0.15, -0.1) is 0 Å². The van der Waals surface area contributed by atoms with Crippen molar-refractivity contribution in [3.05, 3.63) is 29.6 Å². The zero-order chi connectivity index (χ0) is 12.3. The Kier molecular flexibility index (Phi) is 3.71. The molecule has 1 aliphatic rings. The molecule has 1 aliphatic heterocycles. The summed E-state index contributed by atoms with van der Waals surface area (Å²) in [5.74, 6) is 0.0258. The Morgan fingerprint density at radius 1 is 1.71 bits per heavy atom. The lowest BCUT2D eigenvalue weighted by atomic mass is 10.1. The minimum absolute atomic E-state index is 0.0258. The van der Waals surface area contributed by atoms with Gasteiger partial charge < -0.3 is 15.4 Å². The van der Waals surface area contributed by atoms with Gasteiger partial charge in [-0.05, 0) is 19.1 Å². The largest absolute Gasteiger partial charge is 0.377 e. The van der Waals surface area contributed by atoms with Gasteiger partial charge >= 0.3 is 0 Å². The second-order valence-corrected chi connectivity index (χ2v) is 4.16. The highest BCUT2D eigenvalue weighted by Crippen LogP contribution is 2.12. The molecule has 92 valence electrons. The Bertz CT molecular complexity index is 408. The van der Waals surface area contributed by atoms with Crippen molar-refractivity contribution >= 4 is 5.91 Å². The van der Waals surface area contributed by atoms with E-state index in [-0.39, 0.29) is 11.9 Å². The van der Waals surface area contributed by atoms with Crippen LogP contribution in [0.4, 0.5) is 0 Å². The molecule has 5 heteroatoms. The van der Waals surface area contributed by atoms with Crippen LogP contribution in [0.3, 0.4) is 0 Å². The van der Waals surface area contributed by atoms with Crippen LogP contribution in [-0.2, 0) is 11.3 Å². The Hall–Kier alpha value is -1.46. The average Bonchev–Trinajstić information content (AvgIpc) is 2.38. The molecule has 1 amide bonds. The Morgan fingerprint density at radius 3 is 3.24 bits per heavy atom. The first-order valence-electron chi connectivity index (χ1n) is 5.76. The predicted octanol–water partition coefficient (Wildman–Crippen LogP) is 0.401. The molecule has 1 fully saturated rings. The van der Waals surface area contributed by atoms with Crippen LogP contribution in [0.25, 0.3) is 0 Å². The van der Waals surface area contributed by atoms with Crippen molar-refractivity contribution in [3.63, 3.8) is 0 Å². The van der Waals surface area contributed by atoms with E-state index >= 15 is 0 Å². The van der Waals surface area contributed by atoms with Crippen molar-refractivity contribution in [1.82, 2.24) is 9.88 Å². The summed E-state index contributed by atoms with van der Waals surface area (Å²) in [5, 5.41) is 0. The number of nitrogens with zero attached hydrogens (tertiary/aromatic N) is 2. The fourth-order valence-corrected chi connectivity index (χ4v) is 1.92. The summed E-state index contributed by atoms with van der Waals surface area (Å²) in [5.41, 5.74) is 6.90. The maximum Gasteiger partial charge on any atom is 0.254 e. The molecule has 0 bridgehead atoms. The summed E-state index contributed by atoms with van der Waals surface area (Å²) in [6.07, 6.45) is 1.63. The number of nitrogens with two attached hydrogens (primary N) is 1. The van der Waals surface area contributed by atoms with E-state index in [1.165, 1.54) is 0 Å². The number of rotatable bonds is 2. The van der Waals surface area contributed by atoms with Gasteiger partial charge in [0.25, 0.3) is 5.91 Å². The minimum atomic E-state index is 0.0258. The van der Waals surface area contributed by atoms with Crippen molar-refractivity contribution in [2.45, 2.75) is 19.5 Å². The molecule has 5 nitrogen and oxygen atoms in total. The van der Waals surface area contributed by atoms with E-state index in [9.17, 15) is 4.79 Å². The van der Waals surface area contributed by atoms with Gasteiger partial charge in [0, 0.05) is 24.8 Å². The van der Waals surface area contributed by atoms with Crippen molar-refractivity contribution < 1.29 is 9.53 Å². The highest BCUT2D eigenvalue weighted by molar-refractivity contribution is 5.94. The SMILES string of the molecule is CC1COCCN1C(=O)c1ccnc(CN)c1. The third-order valence-electron chi connectivity index (χ3n) is 2.90. The van der Waals surface area contributed by atoms with E-state index in [1.54, 1.807) is 18.3 Å². The zero-order valence-corrected chi connectivity index (χ0v) is 9.93. The first-order chi connectivity index (χ1) is 8.22. The number of aromatic nitrogens is 1. The van der Waals surface area contributed by atoms with Gasteiger partial charge in [0.1, 0.15) is 0 Å². The second-order valence-electron chi connectivity index (χ2n) is 4.16. The fraction of sp³-hybridized carbons (Fsp3) is 0.500. The van der Waals surface area contributed by atoms with Gasteiger partial charge in [-0.25, -0.2) is 0 Å². The Morgan fingerprint density at radius 2 is 2.53 bits per heavy atom. The maximum atomic E-state index is 12.3. The van der Waals surface area contributed by atoms with Crippen molar-refractivity contribution in [3.8, 4) is 0 Å². The van der Waals surface area contributed by atoms with Crippen LogP contribution >= 0.6 is 0 Å². The van der Waals surface area contributed by atoms with E-state index in [0.29, 0.717) is 31.9 Å². The lowest BCUT2D eigenvalue weighted by Crippen LogP contribution is -2.47. The molecule has 1 atom stereocenters. The lowest BCUT2D eigenvalue weighted by molar-refractivity contribution is 0.00358. The Labute approximate surface area is 101 Å². The van der Waals surface area contributed by atoms with Crippen LogP contribution in [0.1, 0.15) is 23.0 Å². The van der Waals surface area contributed by atoms with E-state index < -0.39 is 0 Å². The predicted molar refractivity (Wildman–Crippen MR) is 63.4 cm³/mol. The number of pyridine rings is 1. The van der Waals surface area contributed by atoms with E-state index in [2.05, 4.69) is 4.98 Å². The number of hydrogen-bond donors (Lipinski definition) is 1. The zero-order valence-electron chi connectivity index (χ0n) is 9.93. The molecule has 17 heavy (non-hydrogen) atoms. The monoisotopic (exact) mass is 235 g/mol. The van der Waals surface area contributed by atoms with Crippen LogP contribution in [0.5, 0.6) is 0 Å². The number of hydrogen-bond acceptors (Lipinski definition) is 4. The highest BCUT2D eigenvalue weighted by Gasteiger charge is 2.24. The number of amides is 1. The smallest absolute Gasteiger partial charge is 0.254 e. The van der Waals surface area contributed by atoms with Crippen LogP contribution in [0.15, 0.2) is 18.3 Å². The summed E-state index contributed by atoms with van der Waals surface area (Å²) in [6, 6.07) is 3.60. The molecule has 0 radical (unpaired) electrons. The van der Waals surface area contributed by atoms with Gasteiger partial charge in [0.2, 0.25) is 0 Å². The average molecular weight is 235 g/mol. The fourth-order valence-electron chi connectivity index (χ4n) is 1.92. The van der Waals surface area contributed by atoms with E-state index in [4.69, 9.17) is 10.5 Å². The van der Waals surface area contributed by atoms with E-state index in [1.807, 2.05) is 11.8 Å². The van der Waals surface area contributed by atoms with Crippen molar-refractivity contribution in [2.75, 3.05) is 19.8 Å². The van der Waals surface area contributed by atoms with Gasteiger partial charge in [0.15, 0.2) is 0 Å². The highest BCUT2D eigenvalue weighted by atomic mass is 16.5. The summed E-state index contributed by atoms with van der Waals surface area (Å²) >= 11 is 0. The summed E-state index contributed by atoms with van der Waals surface area (Å²) in [4.78, 5) is 18.2. The van der Waals surface area contributed by atoms with Crippen LogP contribution in [0.2, 0.25) is 0 Å². The maximum absolute atomic E-state index is 12.3. The standard InChI is InChI=1S/C12H17N3O2/c1-9-8-17-5-4-15(9)12(16)10-2-3-14-11(6-10)7-13/h2-3,6,9H,4-5,7-8,13H2,1H3. The molecule has 1 unspecified atom stereocenters. The molecule has 1 aromatic rings. The van der Waals surface area contributed by atoms with Crippen LogP contribution < -0.4 is 5.73 Å². The number of carbonyl (C=O) groups is 1. The first kappa shape index (κ1) is 12.0. The molecular formula is C12H17N3O2. The van der Waals surface area contributed by atoms with Crippen molar-refractivity contribution in [1.29, 1.82) is 0 Å². The van der Waals surface area contributed by atoms with Crippen LogP contribution in [-0.4, -0.2) is 41.6 Å². The van der Waals surface area contributed by atoms with Crippen molar-refractivity contribution in [2.24, 2.45) is 5.73 Å². The molecule has 0 aromatic carbocycles. The second kappa shape index (κ2) is 5.25. The topological polar surface area (TPSA) is 68.5 Å². The molecule has 1 saturated heterocycles. The summed E-state index contributed by atoms with van der Waals surface area (Å²) in [6.45, 7) is 4.17. The molecule has 2 N–H and O–H groups in total. The first-order valence-corrected chi connectivity index (χ1v) is 5.76. The Balaban J connectivity index is 2.17. The third-order valence-corrected chi connectivity index (χ3v) is 2.90. The molecule has 1 aromatic heterocycles. The molecule has 0 spiro atoms. The van der Waals surface area contributed by atoms with Gasteiger partial charge in [-0.2, -0.15) is 0 Å². The number of morpholine rings is 1. The van der Waals surface area contributed by atoms with Gasteiger partial charge in [0.05, 0.1) is 24.9 Å². The lowest BCUT2D eigenvalue weighted by Gasteiger charge is -2.33. The summed E-state index contributed by atoms with van der Waals surface area (Å²) in [7, 11) is 0. The number of carbonyl (C=O) groups excluding carboxylic acids is 1. The quantitative estimate of drug-likeness (QED) is 0.805. The van der Waals surface area contributed by atoms with Gasteiger partial charge in [-0.3, -0.25) is 9.78 Å². The minimum Gasteiger partial charge on any atom is -0.377 e. The summed E-state index contributed by atoms with van der Waals surface area (Å²) < 4.78 is 5.32. The van der Waals surface area contributed by atoms with Gasteiger partial charge in [-0.1, -0.05) is 0 Å². The molecular weight excluding hydrogens is 218 g/mol. The third kappa shape index (κ3) is 2.62. The number of ether oxygens (including phenoxy) is 1. The molecule has 2 rings (SSSR count). The van der Waals surface area contributed by atoms with E-state index in [0.717, 1.165) is 5.69 Å². The molecule has 0 aliphatic carbocycles. The normalized spacial score (nSPS) is 20.4. The van der Waals surface area contributed by atoms with Crippen LogP contribution in [0, 0.1) is 0 Å². The molecule has 0 saturated carbocycles.